The highest BCUT2D eigenvalue weighted by Crippen LogP contribution is 2.21. The predicted molar refractivity (Wildman–Crippen MR) is 92.6 cm³/mol. The zero-order valence-electron chi connectivity index (χ0n) is 14.4. The van der Waals surface area contributed by atoms with Crippen molar-refractivity contribution in [2.45, 2.75) is 32.2 Å². The predicted octanol–water partition coefficient (Wildman–Crippen LogP) is 0.767. The fourth-order valence-corrected chi connectivity index (χ4v) is 2.87. The molecule has 1 atom stereocenters. The molecule has 1 saturated heterocycles. The van der Waals surface area contributed by atoms with Crippen LogP contribution in [0.1, 0.15) is 42.2 Å². The first-order chi connectivity index (χ1) is 11.8. The van der Waals surface area contributed by atoms with E-state index in [0.717, 1.165) is 0 Å². The standard InChI is InChI=1S/C17H21N5O3/c1-10(2)14-6-11(7-15(23)19-14)16(24)20-13-4-5-22(17(13)25)12-8-18-21(3)9-12/h6-10,13H,4-5H2,1-3H3,(H,19,23)(H,20,24)/t13-/m0/s1. The van der Waals surface area contributed by atoms with Gasteiger partial charge in [-0.15, -0.1) is 0 Å². The van der Waals surface area contributed by atoms with E-state index in [9.17, 15) is 14.4 Å². The number of amides is 2. The van der Waals surface area contributed by atoms with E-state index in [-0.39, 0.29) is 22.9 Å². The zero-order chi connectivity index (χ0) is 18.1. The molecule has 2 aromatic rings. The number of pyridine rings is 1. The minimum atomic E-state index is -0.602. The molecule has 8 heteroatoms. The molecule has 0 radical (unpaired) electrons. The number of aromatic amines is 1. The lowest BCUT2D eigenvalue weighted by Crippen LogP contribution is -2.41. The van der Waals surface area contributed by atoms with Crippen molar-refractivity contribution in [2.24, 2.45) is 7.05 Å². The van der Waals surface area contributed by atoms with Gasteiger partial charge in [-0.05, 0) is 18.4 Å². The largest absolute Gasteiger partial charge is 0.340 e. The van der Waals surface area contributed by atoms with Gasteiger partial charge in [-0.1, -0.05) is 13.8 Å². The van der Waals surface area contributed by atoms with E-state index < -0.39 is 11.9 Å². The maximum absolute atomic E-state index is 12.5. The van der Waals surface area contributed by atoms with Gasteiger partial charge in [0.15, 0.2) is 0 Å². The highest BCUT2D eigenvalue weighted by Gasteiger charge is 2.34. The Morgan fingerprint density at radius 1 is 1.36 bits per heavy atom. The second-order valence-electron chi connectivity index (χ2n) is 6.52. The number of carbonyl (C=O) groups excluding carboxylic acids is 2. The highest BCUT2D eigenvalue weighted by atomic mass is 16.2. The third kappa shape index (κ3) is 3.47. The van der Waals surface area contributed by atoms with Crippen LogP contribution >= 0.6 is 0 Å². The summed E-state index contributed by atoms with van der Waals surface area (Å²) in [5, 5.41) is 6.80. The van der Waals surface area contributed by atoms with E-state index in [1.807, 2.05) is 13.8 Å². The molecule has 1 fully saturated rings. The van der Waals surface area contributed by atoms with Crippen LogP contribution in [-0.2, 0) is 11.8 Å². The first kappa shape index (κ1) is 16.9. The molecule has 2 N–H and O–H groups in total. The average molecular weight is 343 g/mol. The lowest BCUT2D eigenvalue weighted by molar-refractivity contribution is -0.118. The maximum Gasteiger partial charge on any atom is 0.252 e. The number of nitrogens with zero attached hydrogens (tertiary/aromatic N) is 3. The van der Waals surface area contributed by atoms with E-state index in [2.05, 4.69) is 15.4 Å². The molecule has 0 aromatic carbocycles. The number of aromatic nitrogens is 3. The third-order valence-corrected chi connectivity index (χ3v) is 4.26. The Morgan fingerprint density at radius 2 is 2.12 bits per heavy atom. The van der Waals surface area contributed by atoms with E-state index in [1.54, 1.807) is 35.1 Å². The summed E-state index contributed by atoms with van der Waals surface area (Å²) in [6, 6.07) is 2.30. The van der Waals surface area contributed by atoms with Crippen LogP contribution in [0.5, 0.6) is 0 Å². The molecule has 1 aliphatic rings. The number of nitrogens with one attached hydrogen (secondary N) is 2. The van der Waals surface area contributed by atoms with Crippen LogP contribution in [0.3, 0.4) is 0 Å². The Bertz CT molecular complexity index is 867. The number of aryl methyl sites for hydroxylation is 1. The van der Waals surface area contributed by atoms with Crippen LogP contribution in [0.2, 0.25) is 0 Å². The Kier molecular flexibility index (Phi) is 4.43. The Morgan fingerprint density at radius 3 is 2.76 bits per heavy atom. The molecule has 0 aliphatic carbocycles. The smallest absolute Gasteiger partial charge is 0.252 e. The number of hydrogen-bond acceptors (Lipinski definition) is 4. The molecule has 8 nitrogen and oxygen atoms in total. The van der Waals surface area contributed by atoms with E-state index in [1.165, 1.54) is 6.07 Å². The second kappa shape index (κ2) is 6.54. The summed E-state index contributed by atoms with van der Waals surface area (Å²) in [6.45, 7) is 4.38. The topological polar surface area (TPSA) is 100 Å². The molecule has 0 unspecified atom stereocenters. The van der Waals surface area contributed by atoms with Crippen molar-refractivity contribution >= 4 is 17.5 Å². The van der Waals surface area contributed by atoms with E-state index in [0.29, 0.717) is 24.3 Å². The number of carbonyl (C=O) groups is 2. The SMILES string of the molecule is CC(C)c1cc(C(=O)N[C@H]2CCN(c3cnn(C)c3)C2=O)cc(=O)[nH]1. The van der Waals surface area contributed by atoms with Crippen molar-refractivity contribution in [3.8, 4) is 0 Å². The normalized spacial score (nSPS) is 17.4. The third-order valence-electron chi connectivity index (χ3n) is 4.26. The molecular weight excluding hydrogens is 322 g/mol. The lowest BCUT2D eigenvalue weighted by atomic mass is 10.1. The van der Waals surface area contributed by atoms with Crippen LogP contribution in [-0.4, -0.2) is 39.2 Å². The van der Waals surface area contributed by atoms with Crippen molar-refractivity contribution in [1.29, 1.82) is 0 Å². The van der Waals surface area contributed by atoms with Gasteiger partial charge in [0.05, 0.1) is 11.9 Å². The first-order valence-corrected chi connectivity index (χ1v) is 8.20. The summed E-state index contributed by atoms with van der Waals surface area (Å²) in [4.78, 5) is 41.1. The molecule has 3 heterocycles. The number of hydrogen-bond donors (Lipinski definition) is 2. The lowest BCUT2D eigenvalue weighted by Gasteiger charge is -2.15. The zero-order valence-corrected chi connectivity index (χ0v) is 14.4. The molecule has 3 rings (SSSR count). The van der Waals surface area contributed by atoms with Crippen molar-refractivity contribution in [1.82, 2.24) is 20.1 Å². The van der Waals surface area contributed by atoms with Gasteiger partial charge < -0.3 is 15.2 Å². The summed E-state index contributed by atoms with van der Waals surface area (Å²) < 4.78 is 1.62. The number of H-pyrrole nitrogens is 1. The summed E-state index contributed by atoms with van der Waals surface area (Å²) in [6.07, 6.45) is 3.89. The van der Waals surface area contributed by atoms with Crippen molar-refractivity contribution in [3.63, 3.8) is 0 Å². The highest BCUT2D eigenvalue weighted by molar-refractivity contribution is 6.03. The van der Waals surface area contributed by atoms with Crippen molar-refractivity contribution in [3.05, 3.63) is 46.1 Å². The first-order valence-electron chi connectivity index (χ1n) is 8.20. The van der Waals surface area contributed by atoms with Gasteiger partial charge in [0, 0.05) is 37.1 Å². The molecule has 2 amide bonds. The molecule has 0 spiro atoms. The van der Waals surface area contributed by atoms with Crippen LogP contribution in [0, 0.1) is 0 Å². The Balaban J connectivity index is 1.74. The van der Waals surface area contributed by atoms with Crippen LogP contribution in [0.25, 0.3) is 0 Å². The minimum Gasteiger partial charge on any atom is -0.340 e. The number of rotatable bonds is 4. The van der Waals surface area contributed by atoms with Crippen LogP contribution in [0.15, 0.2) is 29.3 Å². The summed E-state index contributed by atoms with van der Waals surface area (Å²) in [7, 11) is 1.78. The number of anilines is 1. The Hall–Kier alpha value is -2.90. The van der Waals surface area contributed by atoms with Crippen LogP contribution < -0.4 is 15.8 Å². The monoisotopic (exact) mass is 343 g/mol. The maximum atomic E-state index is 12.5. The van der Waals surface area contributed by atoms with E-state index in [4.69, 9.17) is 0 Å². The second-order valence-corrected chi connectivity index (χ2v) is 6.52. The van der Waals surface area contributed by atoms with Gasteiger partial charge >= 0.3 is 0 Å². The molecule has 2 aromatic heterocycles. The molecular formula is C17H21N5O3. The average Bonchev–Trinajstić information content (AvgIpc) is 3.13. The van der Waals surface area contributed by atoms with Crippen LogP contribution in [0.4, 0.5) is 5.69 Å². The van der Waals surface area contributed by atoms with Gasteiger partial charge in [0.1, 0.15) is 6.04 Å². The van der Waals surface area contributed by atoms with Crippen molar-refractivity contribution in [2.75, 3.05) is 11.4 Å². The summed E-state index contributed by atoms with van der Waals surface area (Å²) in [5.74, 6) is -0.496. The van der Waals surface area contributed by atoms with Gasteiger partial charge in [-0.3, -0.25) is 19.1 Å². The summed E-state index contributed by atoms with van der Waals surface area (Å²) >= 11 is 0. The minimum absolute atomic E-state index is 0.0923. The summed E-state index contributed by atoms with van der Waals surface area (Å²) in [5.41, 5.74) is 1.33. The molecule has 0 saturated carbocycles. The quantitative estimate of drug-likeness (QED) is 0.856. The fraction of sp³-hybridized carbons (Fsp3) is 0.412. The van der Waals surface area contributed by atoms with Gasteiger partial charge in [0.2, 0.25) is 11.5 Å². The molecule has 25 heavy (non-hydrogen) atoms. The van der Waals surface area contributed by atoms with Gasteiger partial charge in [-0.25, -0.2) is 0 Å². The van der Waals surface area contributed by atoms with E-state index >= 15 is 0 Å². The molecule has 0 bridgehead atoms. The molecule has 132 valence electrons. The Labute approximate surface area is 144 Å². The van der Waals surface area contributed by atoms with Gasteiger partial charge in [0.25, 0.3) is 5.91 Å². The van der Waals surface area contributed by atoms with Gasteiger partial charge in [-0.2, -0.15) is 5.10 Å². The van der Waals surface area contributed by atoms with Crippen molar-refractivity contribution < 1.29 is 9.59 Å². The fourth-order valence-electron chi connectivity index (χ4n) is 2.87. The molecule has 1 aliphatic heterocycles.